The Morgan fingerprint density at radius 3 is 2.57 bits per heavy atom. The minimum atomic E-state index is 0.460. The van der Waals surface area contributed by atoms with Crippen molar-refractivity contribution in [2.45, 2.75) is 44.9 Å². The summed E-state index contributed by atoms with van der Waals surface area (Å²) in [6, 6.07) is 6.44. The first-order valence-electron chi connectivity index (χ1n) is 7.87. The lowest BCUT2D eigenvalue weighted by Crippen LogP contribution is -2.28. The second-order valence-electron chi connectivity index (χ2n) is 5.83. The van der Waals surface area contributed by atoms with Crippen LogP contribution in [0.3, 0.4) is 0 Å². The maximum atomic E-state index is 6.04. The van der Waals surface area contributed by atoms with Gasteiger partial charge in [0.1, 0.15) is 4.99 Å². The van der Waals surface area contributed by atoms with Crippen molar-refractivity contribution in [3.05, 3.63) is 23.8 Å². The summed E-state index contributed by atoms with van der Waals surface area (Å²) in [6.45, 7) is 9.01. The molecule has 2 N–H and O–H groups in total. The van der Waals surface area contributed by atoms with Crippen LogP contribution in [0.15, 0.2) is 23.1 Å². The summed E-state index contributed by atoms with van der Waals surface area (Å²) in [5.41, 5.74) is 8.80. The molecule has 1 aromatic carbocycles. The fourth-order valence-electron chi connectivity index (χ4n) is 3.27. The van der Waals surface area contributed by atoms with E-state index >= 15 is 0 Å². The fourth-order valence-corrected chi connectivity index (χ4v) is 4.40. The Bertz CT molecular complexity index is 510. The van der Waals surface area contributed by atoms with E-state index in [0.717, 1.165) is 24.4 Å². The highest BCUT2D eigenvalue weighted by molar-refractivity contribution is 7.99. The number of nitrogens with zero attached hydrogens (tertiary/aromatic N) is 1. The summed E-state index contributed by atoms with van der Waals surface area (Å²) in [4.78, 5) is 4.22. The Labute approximate surface area is 138 Å². The Kier molecular flexibility index (Phi) is 5.55. The molecule has 2 rings (SSSR count). The zero-order chi connectivity index (χ0) is 15.5. The highest BCUT2D eigenvalue weighted by Gasteiger charge is 2.36. The molecule has 4 heteroatoms. The maximum absolute atomic E-state index is 6.04. The quantitative estimate of drug-likeness (QED) is 0.619. The van der Waals surface area contributed by atoms with Gasteiger partial charge in [0.05, 0.1) is 0 Å². The molecular weight excluding hydrogens is 296 g/mol. The molecule has 0 aromatic heterocycles. The molecular formula is C17H26N2S2. The van der Waals surface area contributed by atoms with Gasteiger partial charge in [0.25, 0.3) is 0 Å². The van der Waals surface area contributed by atoms with Crippen LogP contribution in [0.4, 0.5) is 5.69 Å². The zero-order valence-electron chi connectivity index (χ0n) is 13.3. The highest BCUT2D eigenvalue weighted by atomic mass is 32.2. The molecule has 116 valence electrons. The van der Waals surface area contributed by atoms with Crippen molar-refractivity contribution in [3.8, 4) is 0 Å². The number of thiocarbonyl (C=S) groups is 1. The largest absolute Gasteiger partial charge is 0.389 e. The van der Waals surface area contributed by atoms with E-state index in [9.17, 15) is 0 Å². The van der Waals surface area contributed by atoms with Gasteiger partial charge >= 0.3 is 0 Å². The van der Waals surface area contributed by atoms with Crippen molar-refractivity contribution < 1.29 is 0 Å². The standard InChI is InChI=1S/C17H26N2S2/c1-4-17(5-2)10-11-19(12-17)13-8-7-9-14(21-6-3)15(13)16(18)20/h7-9H,4-6,10-12H2,1-3H3,(H2,18,20). The molecule has 1 saturated heterocycles. The van der Waals surface area contributed by atoms with Crippen LogP contribution >= 0.6 is 24.0 Å². The van der Waals surface area contributed by atoms with Gasteiger partial charge in [0.2, 0.25) is 0 Å². The van der Waals surface area contributed by atoms with Crippen molar-refractivity contribution in [2.24, 2.45) is 11.1 Å². The van der Waals surface area contributed by atoms with Crippen LogP contribution in [0.25, 0.3) is 0 Å². The van der Waals surface area contributed by atoms with Gasteiger partial charge in [-0.3, -0.25) is 0 Å². The third-order valence-electron chi connectivity index (χ3n) is 4.83. The molecule has 0 radical (unpaired) electrons. The molecule has 2 nitrogen and oxygen atoms in total. The Hall–Kier alpha value is -0.740. The van der Waals surface area contributed by atoms with Crippen molar-refractivity contribution in [3.63, 3.8) is 0 Å². The van der Waals surface area contributed by atoms with Crippen LogP contribution in [0.5, 0.6) is 0 Å². The van der Waals surface area contributed by atoms with Crippen LogP contribution < -0.4 is 10.6 Å². The second kappa shape index (κ2) is 7.01. The predicted octanol–water partition coefficient (Wildman–Crippen LogP) is 4.45. The number of benzene rings is 1. The molecule has 0 saturated carbocycles. The summed E-state index contributed by atoms with van der Waals surface area (Å²) < 4.78 is 0. The first-order chi connectivity index (χ1) is 10.1. The van der Waals surface area contributed by atoms with Crippen LogP contribution in [0.2, 0.25) is 0 Å². The first kappa shape index (κ1) is 16.6. The fraction of sp³-hybridized carbons (Fsp3) is 0.588. The molecule has 0 aliphatic carbocycles. The van der Waals surface area contributed by atoms with E-state index in [1.807, 2.05) is 11.8 Å². The average Bonchev–Trinajstić information content (AvgIpc) is 2.92. The normalized spacial score (nSPS) is 17.2. The lowest BCUT2D eigenvalue weighted by molar-refractivity contribution is 0.301. The number of nitrogens with two attached hydrogens (primary N) is 1. The van der Waals surface area contributed by atoms with Crippen LogP contribution in [0, 0.1) is 5.41 Å². The summed E-state index contributed by atoms with van der Waals surface area (Å²) in [5, 5.41) is 0. The molecule has 1 heterocycles. The van der Waals surface area contributed by atoms with Crippen molar-refractivity contribution in [2.75, 3.05) is 23.7 Å². The summed E-state index contributed by atoms with van der Waals surface area (Å²) in [7, 11) is 0. The Morgan fingerprint density at radius 1 is 1.33 bits per heavy atom. The predicted molar refractivity (Wildman–Crippen MR) is 98.6 cm³/mol. The molecule has 1 aromatic rings. The lowest BCUT2D eigenvalue weighted by atomic mass is 9.82. The molecule has 1 aliphatic rings. The van der Waals surface area contributed by atoms with Gasteiger partial charge in [-0.05, 0) is 42.6 Å². The first-order valence-corrected chi connectivity index (χ1v) is 9.27. The molecule has 0 spiro atoms. The zero-order valence-corrected chi connectivity index (χ0v) is 14.9. The lowest BCUT2D eigenvalue weighted by Gasteiger charge is -2.28. The van der Waals surface area contributed by atoms with Gasteiger partial charge in [0.15, 0.2) is 0 Å². The number of hydrogen-bond donors (Lipinski definition) is 1. The third kappa shape index (κ3) is 3.37. The molecule has 0 amide bonds. The summed E-state index contributed by atoms with van der Waals surface area (Å²) >= 11 is 7.16. The molecule has 1 aliphatic heterocycles. The SMILES string of the molecule is CCSc1cccc(N2CCC(CC)(CC)C2)c1C(N)=S. The molecule has 0 bridgehead atoms. The van der Waals surface area contributed by atoms with Crippen LogP contribution in [-0.2, 0) is 0 Å². The minimum Gasteiger partial charge on any atom is -0.389 e. The van der Waals surface area contributed by atoms with E-state index < -0.39 is 0 Å². The molecule has 21 heavy (non-hydrogen) atoms. The number of thioether (sulfide) groups is 1. The monoisotopic (exact) mass is 322 g/mol. The van der Waals surface area contributed by atoms with Gasteiger partial charge in [-0.1, -0.05) is 39.1 Å². The van der Waals surface area contributed by atoms with Crippen molar-refractivity contribution in [1.29, 1.82) is 0 Å². The number of hydrogen-bond acceptors (Lipinski definition) is 3. The second-order valence-corrected chi connectivity index (χ2v) is 7.57. The van der Waals surface area contributed by atoms with E-state index in [1.165, 1.54) is 29.8 Å². The average molecular weight is 323 g/mol. The van der Waals surface area contributed by atoms with Crippen molar-refractivity contribution >= 4 is 34.7 Å². The smallest absolute Gasteiger partial charge is 0.107 e. The van der Waals surface area contributed by atoms with Gasteiger partial charge in [-0.25, -0.2) is 0 Å². The van der Waals surface area contributed by atoms with Gasteiger partial charge in [-0.2, -0.15) is 0 Å². The van der Waals surface area contributed by atoms with E-state index in [2.05, 4.69) is 43.9 Å². The summed E-state index contributed by atoms with van der Waals surface area (Å²) in [5.74, 6) is 1.03. The van der Waals surface area contributed by atoms with E-state index in [-0.39, 0.29) is 0 Å². The van der Waals surface area contributed by atoms with E-state index in [4.69, 9.17) is 18.0 Å². The maximum Gasteiger partial charge on any atom is 0.107 e. The van der Waals surface area contributed by atoms with Gasteiger partial charge in [-0.15, -0.1) is 11.8 Å². The van der Waals surface area contributed by atoms with Crippen LogP contribution in [0.1, 0.15) is 45.6 Å². The van der Waals surface area contributed by atoms with E-state index in [1.54, 1.807) is 0 Å². The molecule has 0 atom stereocenters. The number of anilines is 1. The highest BCUT2D eigenvalue weighted by Crippen LogP contribution is 2.41. The van der Waals surface area contributed by atoms with Gasteiger partial charge in [0, 0.05) is 29.2 Å². The molecule has 0 unspecified atom stereocenters. The van der Waals surface area contributed by atoms with E-state index in [0.29, 0.717) is 10.4 Å². The van der Waals surface area contributed by atoms with Gasteiger partial charge < -0.3 is 10.6 Å². The summed E-state index contributed by atoms with van der Waals surface area (Å²) in [6.07, 6.45) is 3.75. The minimum absolute atomic E-state index is 0.460. The van der Waals surface area contributed by atoms with Crippen molar-refractivity contribution in [1.82, 2.24) is 0 Å². The van der Waals surface area contributed by atoms with Crippen LogP contribution in [-0.4, -0.2) is 23.8 Å². The topological polar surface area (TPSA) is 29.3 Å². The Balaban J connectivity index is 2.36. The molecule has 1 fully saturated rings. The number of rotatable bonds is 6. The third-order valence-corrected chi connectivity index (χ3v) is 5.97. The Morgan fingerprint density at radius 2 is 2.05 bits per heavy atom.